The molecule has 0 amide bonds. The van der Waals surface area contributed by atoms with Gasteiger partial charge in [-0.2, -0.15) is 0 Å². The number of aliphatic carboxylic acids is 1. The first kappa shape index (κ1) is 13.8. The van der Waals surface area contributed by atoms with Gasteiger partial charge in [0.2, 0.25) is 0 Å². The van der Waals surface area contributed by atoms with E-state index >= 15 is 0 Å². The first-order chi connectivity index (χ1) is 8.60. The standard InChI is InChI=1S/C13H18ClNO2S/c1-2-9-5-6-15(11(7-9)13(16)17)8-10-3-4-12(14)18-10/h3-4,9,11H,2,5-8H2,1H3,(H,16,17). The molecule has 1 aromatic rings. The van der Waals surface area contributed by atoms with E-state index in [1.807, 2.05) is 12.1 Å². The monoisotopic (exact) mass is 287 g/mol. The zero-order valence-corrected chi connectivity index (χ0v) is 12.0. The number of piperidine rings is 1. The molecule has 2 rings (SSSR count). The average Bonchev–Trinajstić information content (AvgIpc) is 2.75. The summed E-state index contributed by atoms with van der Waals surface area (Å²) in [6.45, 7) is 3.70. The van der Waals surface area contributed by atoms with E-state index < -0.39 is 5.97 Å². The molecule has 1 aromatic heterocycles. The maximum Gasteiger partial charge on any atom is 0.320 e. The van der Waals surface area contributed by atoms with Crippen LogP contribution < -0.4 is 0 Å². The molecule has 5 heteroatoms. The normalized spacial score (nSPS) is 25.2. The summed E-state index contributed by atoms with van der Waals surface area (Å²) in [6, 6.07) is 3.51. The molecule has 1 N–H and O–H groups in total. The zero-order valence-electron chi connectivity index (χ0n) is 10.4. The molecule has 0 spiro atoms. The molecule has 1 aliphatic heterocycles. The van der Waals surface area contributed by atoms with Crippen molar-refractivity contribution in [3.05, 3.63) is 21.3 Å². The Balaban J connectivity index is 2.04. The minimum atomic E-state index is -0.698. The van der Waals surface area contributed by atoms with Gasteiger partial charge in [-0.05, 0) is 37.4 Å². The second-order valence-electron chi connectivity index (χ2n) is 4.83. The van der Waals surface area contributed by atoms with Gasteiger partial charge in [-0.1, -0.05) is 24.9 Å². The van der Waals surface area contributed by atoms with E-state index in [9.17, 15) is 9.90 Å². The highest BCUT2D eigenvalue weighted by atomic mass is 35.5. The number of likely N-dealkylation sites (tertiary alicyclic amines) is 1. The van der Waals surface area contributed by atoms with E-state index in [1.54, 1.807) is 0 Å². The van der Waals surface area contributed by atoms with E-state index in [-0.39, 0.29) is 6.04 Å². The van der Waals surface area contributed by atoms with Crippen molar-refractivity contribution < 1.29 is 9.90 Å². The van der Waals surface area contributed by atoms with Crippen LogP contribution in [0, 0.1) is 5.92 Å². The van der Waals surface area contributed by atoms with Gasteiger partial charge in [0.1, 0.15) is 6.04 Å². The van der Waals surface area contributed by atoms with Crippen molar-refractivity contribution in [3.63, 3.8) is 0 Å². The molecular weight excluding hydrogens is 270 g/mol. The van der Waals surface area contributed by atoms with Crippen molar-refractivity contribution in [2.24, 2.45) is 5.92 Å². The Kier molecular flexibility index (Phi) is 4.65. The Labute approximate surface area is 116 Å². The number of hydrogen-bond donors (Lipinski definition) is 1. The van der Waals surface area contributed by atoms with Crippen LogP contribution in [0.3, 0.4) is 0 Å². The maximum absolute atomic E-state index is 11.4. The fourth-order valence-electron chi connectivity index (χ4n) is 2.54. The molecule has 1 saturated heterocycles. The highest BCUT2D eigenvalue weighted by Gasteiger charge is 2.32. The number of hydrogen-bond acceptors (Lipinski definition) is 3. The first-order valence-corrected chi connectivity index (χ1v) is 7.50. The topological polar surface area (TPSA) is 40.5 Å². The van der Waals surface area contributed by atoms with Crippen LogP contribution in [0.2, 0.25) is 4.34 Å². The molecule has 2 heterocycles. The third-order valence-corrected chi connectivity index (χ3v) is 4.89. The van der Waals surface area contributed by atoms with Crippen molar-refractivity contribution >= 4 is 28.9 Å². The van der Waals surface area contributed by atoms with Gasteiger partial charge >= 0.3 is 5.97 Å². The molecule has 1 aliphatic rings. The first-order valence-electron chi connectivity index (χ1n) is 6.31. The minimum Gasteiger partial charge on any atom is -0.480 e. The van der Waals surface area contributed by atoms with Crippen LogP contribution >= 0.6 is 22.9 Å². The molecule has 0 aliphatic carbocycles. The molecule has 100 valence electrons. The Morgan fingerprint density at radius 1 is 1.61 bits per heavy atom. The lowest BCUT2D eigenvalue weighted by atomic mass is 9.89. The van der Waals surface area contributed by atoms with Crippen LogP contribution in [0.15, 0.2) is 12.1 Å². The summed E-state index contributed by atoms with van der Waals surface area (Å²) in [5, 5.41) is 9.34. The number of halogens is 1. The summed E-state index contributed by atoms with van der Waals surface area (Å²) in [7, 11) is 0. The molecule has 2 unspecified atom stereocenters. The molecule has 0 radical (unpaired) electrons. The Bertz CT molecular complexity index is 421. The van der Waals surface area contributed by atoms with Gasteiger partial charge in [0.25, 0.3) is 0 Å². The summed E-state index contributed by atoms with van der Waals surface area (Å²) in [5.41, 5.74) is 0. The molecule has 1 fully saturated rings. The summed E-state index contributed by atoms with van der Waals surface area (Å²) < 4.78 is 0.764. The van der Waals surface area contributed by atoms with Crippen molar-refractivity contribution in [1.82, 2.24) is 4.90 Å². The number of nitrogens with zero attached hydrogens (tertiary/aromatic N) is 1. The zero-order chi connectivity index (χ0) is 13.1. The van der Waals surface area contributed by atoms with Crippen LogP contribution in [0.1, 0.15) is 31.1 Å². The van der Waals surface area contributed by atoms with Gasteiger partial charge in [0, 0.05) is 11.4 Å². The van der Waals surface area contributed by atoms with Crippen LogP contribution in [0.25, 0.3) is 0 Å². The van der Waals surface area contributed by atoms with Crippen LogP contribution in [0.4, 0.5) is 0 Å². The van der Waals surface area contributed by atoms with E-state index in [1.165, 1.54) is 11.3 Å². The van der Waals surface area contributed by atoms with Gasteiger partial charge in [-0.25, -0.2) is 0 Å². The van der Waals surface area contributed by atoms with Crippen LogP contribution in [-0.4, -0.2) is 28.6 Å². The lowest BCUT2D eigenvalue weighted by Crippen LogP contribution is -2.46. The highest BCUT2D eigenvalue weighted by Crippen LogP contribution is 2.29. The Morgan fingerprint density at radius 3 is 2.94 bits per heavy atom. The molecule has 18 heavy (non-hydrogen) atoms. The second-order valence-corrected chi connectivity index (χ2v) is 6.63. The molecule has 0 bridgehead atoms. The molecular formula is C13H18ClNO2S. The number of thiophene rings is 1. The third kappa shape index (κ3) is 3.25. The lowest BCUT2D eigenvalue weighted by Gasteiger charge is -2.36. The van der Waals surface area contributed by atoms with Gasteiger partial charge in [0.15, 0.2) is 0 Å². The Hall–Kier alpha value is -0.580. The molecule has 3 nitrogen and oxygen atoms in total. The van der Waals surface area contributed by atoms with Crippen LogP contribution in [0.5, 0.6) is 0 Å². The summed E-state index contributed by atoms with van der Waals surface area (Å²) in [5.74, 6) is -0.148. The molecule has 0 aromatic carbocycles. The van der Waals surface area contributed by atoms with Gasteiger partial charge < -0.3 is 5.11 Å². The fourth-order valence-corrected chi connectivity index (χ4v) is 3.65. The van der Waals surface area contributed by atoms with Crippen molar-refractivity contribution in [2.75, 3.05) is 6.54 Å². The number of carbonyl (C=O) groups is 1. The van der Waals surface area contributed by atoms with E-state index in [4.69, 9.17) is 11.6 Å². The third-order valence-electron chi connectivity index (χ3n) is 3.67. The quantitative estimate of drug-likeness (QED) is 0.922. The number of rotatable bonds is 4. The highest BCUT2D eigenvalue weighted by molar-refractivity contribution is 7.16. The van der Waals surface area contributed by atoms with Crippen LogP contribution in [-0.2, 0) is 11.3 Å². The molecule has 0 saturated carbocycles. The van der Waals surface area contributed by atoms with Gasteiger partial charge in [-0.15, -0.1) is 11.3 Å². The maximum atomic E-state index is 11.4. The molecule has 2 atom stereocenters. The van der Waals surface area contributed by atoms with Crippen molar-refractivity contribution in [2.45, 2.75) is 38.8 Å². The summed E-state index contributed by atoms with van der Waals surface area (Å²) >= 11 is 7.44. The van der Waals surface area contributed by atoms with Crippen molar-refractivity contribution in [3.8, 4) is 0 Å². The predicted octanol–water partition coefficient (Wildman–Crippen LogP) is 3.48. The van der Waals surface area contributed by atoms with Crippen molar-refractivity contribution in [1.29, 1.82) is 0 Å². The fraction of sp³-hybridized carbons (Fsp3) is 0.615. The van der Waals surface area contributed by atoms with Gasteiger partial charge in [0.05, 0.1) is 4.34 Å². The average molecular weight is 288 g/mol. The second kappa shape index (κ2) is 6.04. The Morgan fingerprint density at radius 2 is 2.39 bits per heavy atom. The minimum absolute atomic E-state index is 0.343. The van der Waals surface area contributed by atoms with E-state index in [0.717, 1.165) is 35.0 Å². The van der Waals surface area contributed by atoms with E-state index in [2.05, 4.69) is 11.8 Å². The summed E-state index contributed by atoms with van der Waals surface area (Å²) in [6.07, 6.45) is 2.94. The SMILES string of the molecule is CCC1CCN(Cc2ccc(Cl)s2)C(C(=O)O)C1. The smallest absolute Gasteiger partial charge is 0.320 e. The van der Waals surface area contributed by atoms with Gasteiger partial charge in [-0.3, -0.25) is 9.69 Å². The lowest BCUT2D eigenvalue weighted by molar-refractivity contribution is -0.145. The number of carboxylic acids is 1. The largest absolute Gasteiger partial charge is 0.480 e. The number of carboxylic acid groups (broad SMARTS) is 1. The van der Waals surface area contributed by atoms with E-state index in [0.29, 0.717) is 12.5 Å². The summed E-state index contributed by atoms with van der Waals surface area (Å²) in [4.78, 5) is 14.6. The predicted molar refractivity (Wildman–Crippen MR) is 74.2 cm³/mol.